The Bertz CT molecular complexity index is 452. The number of hydrogen-bond donors (Lipinski definition) is 1. The van der Waals surface area contributed by atoms with Gasteiger partial charge < -0.3 is 15.4 Å². The lowest BCUT2D eigenvalue weighted by Gasteiger charge is -2.38. The van der Waals surface area contributed by atoms with Gasteiger partial charge in [-0.25, -0.2) is 0 Å². The van der Waals surface area contributed by atoms with Crippen LogP contribution in [0, 0.1) is 0 Å². The average molecular weight is 247 g/mol. The normalized spacial score (nSPS) is 17.7. The van der Waals surface area contributed by atoms with Gasteiger partial charge in [0, 0.05) is 0 Å². The molecular weight excluding hydrogens is 226 g/mol. The average Bonchev–Trinajstić information content (AvgIpc) is 2.76. The number of methoxy groups -OCH3 is 1. The van der Waals surface area contributed by atoms with E-state index in [1.54, 1.807) is 7.11 Å². The number of aliphatic imine (C=N–C) groups is 1. The molecule has 18 heavy (non-hydrogen) atoms. The molecule has 0 amide bonds. The first-order valence-corrected chi connectivity index (χ1v) is 6.41. The molecule has 0 radical (unpaired) electrons. The van der Waals surface area contributed by atoms with Gasteiger partial charge in [0.2, 0.25) is 0 Å². The SMILES string of the molecule is CCC1(CC)CN=C(N)N1c1ccccc1OC. The summed E-state index contributed by atoms with van der Waals surface area (Å²) in [6, 6.07) is 7.95. The second-order valence-corrected chi connectivity index (χ2v) is 4.61. The van der Waals surface area contributed by atoms with Crippen molar-refractivity contribution in [1.29, 1.82) is 0 Å². The van der Waals surface area contributed by atoms with Crippen LogP contribution in [-0.2, 0) is 0 Å². The highest BCUT2D eigenvalue weighted by molar-refractivity contribution is 5.99. The van der Waals surface area contributed by atoms with Gasteiger partial charge in [0.15, 0.2) is 5.96 Å². The first-order valence-electron chi connectivity index (χ1n) is 6.41. The predicted molar refractivity (Wildman–Crippen MR) is 75.3 cm³/mol. The molecule has 4 heteroatoms. The molecule has 0 aromatic heterocycles. The van der Waals surface area contributed by atoms with Crippen LogP contribution in [-0.4, -0.2) is 25.2 Å². The summed E-state index contributed by atoms with van der Waals surface area (Å²) in [7, 11) is 1.68. The minimum atomic E-state index is -0.0152. The van der Waals surface area contributed by atoms with E-state index in [2.05, 4.69) is 23.7 Å². The number of ether oxygens (including phenoxy) is 1. The fourth-order valence-corrected chi connectivity index (χ4v) is 2.60. The minimum absolute atomic E-state index is 0.0152. The number of rotatable bonds is 4. The highest BCUT2D eigenvalue weighted by Gasteiger charge is 2.41. The second kappa shape index (κ2) is 4.88. The summed E-state index contributed by atoms with van der Waals surface area (Å²) in [6.45, 7) is 5.12. The summed E-state index contributed by atoms with van der Waals surface area (Å²) in [6.07, 6.45) is 2.01. The van der Waals surface area contributed by atoms with Crippen LogP contribution in [0.15, 0.2) is 29.3 Å². The van der Waals surface area contributed by atoms with Crippen molar-refractivity contribution in [3.8, 4) is 5.75 Å². The number of nitrogens with zero attached hydrogens (tertiary/aromatic N) is 2. The molecule has 1 heterocycles. The lowest BCUT2D eigenvalue weighted by Crippen LogP contribution is -2.51. The Balaban J connectivity index is 2.49. The first-order chi connectivity index (χ1) is 8.68. The molecule has 98 valence electrons. The van der Waals surface area contributed by atoms with Crippen molar-refractivity contribution in [1.82, 2.24) is 0 Å². The van der Waals surface area contributed by atoms with Crippen molar-refractivity contribution < 1.29 is 4.74 Å². The maximum Gasteiger partial charge on any atom is 0.196 e. The van der Waals surface area contributed by atoms with E-state index in [0.717, 1.165) is 30.8 Å². The molecule has 1 aliphatic rings. The number of hydrogen-bond acceptors (Lipinski definition) is 4. The van der Waals surface area contributed by atoms with Gasteiger partial charge in [-0.2, -0.15) is 0 Å². The molecule has 0 aliphatic carbocycles. The van der Waals surface area contributed by atoms with Gasteiger partial charge in [-0.1, -0.05) is 26.0 Å². The topological polar surface area (TPSA) is 50.8 Å². The molecule has 0 atom stereocenters. The molecule has 0 saturated carbocycles. The molecule has 0 spiro atoms. The van der Waals surface area contributed by atoms with Gasteiger partial charge in [-0.05, 0) is 25.0 Å². The lowest BCUT2D eigenvalue weighted by molar-refractivity contribution is 0.399. The summed E-state index contributed by atoms with van der Waals surface area (Å²) in [4.78, 5) is 6.56. The zero-order valence-electron chi connectivity index (χ0n) is 11.3. The summed E-state index contributed by atoms with van der Waals surface area (Å²) < 4.78 is 5.44. The number of para-hydroxylation sites is 2. The molecule has 0 unspecified atom stereocenters. The Morgan fingerprint density at radius 3 is 2.61 bits per heavy atom. The Kier molecular flexibility index (Phi) is 3.45. The van der Waals surface area contributed by atoms with Crippen molar-refractivity contribution in [2.75, 3.05) is 18.6 Å². The van der Waals surface area contributed by atoms with Crippen molar-refractivity contribution in [2.24, 2.45) is 10.7 Å². The van der Waals surface area contributed by atoms with E-state index in [-0.39, 0.29) is 5.54 Å². The Morgan fingerprint density at radius 2 is 2.00 bits per heavy atom. The molecule has 2 rings (SSSR count). The predicted octanol–water partition coefficient (Wildman–Crippen LogP) is 2.39. The van der Waals surface area contributed by atoms with E-state index in [0.29, 0.717) is 5.96 Å². The first kappa shape index (κ1) is 12.7. The number of anilines is 1. The van der Waals surface area contributed by atoms with Crippen molar-refractivity contribution in [3.05, 3.63) is 24.3 Å². The third-order valence-corrected chi connectivity index (χ3v) is 3.88. The molecular formula is C14H21N3O. The summed E-state index contributed by atoms with van der Waals surface area (Å²) in [5.74, 6) is 1.42. The van der Waals surface area contributed by atoms with Crippen molar-refractivity contribution in [2.45, 2.75) is 32.2 Å². The van der Waals surface area contributed by atoms with E-state index in [4.69, 9.17) is 10.5 Å². The van der Waals surface area contributed by atoms with Gasteiger partial charge in [0.05, 0.1) is 24.9 Å². The third-order valence-electron chi connectivity index (χ3n) is 3.88. The van der Waals surface area contributed by atoms with Gasteiger partial charge in [-0.15, -0.1) is 0 Å². The molecule has 2 N–H and O–H groups in total. The fourth-order valence-electron chi connectivity index (χ4n) is 2.60. The summed E-state index contributed by atoms with van der Waals surface area (Å²) >= 11 is 0. The quantitative estimate of drug-likeness (QED) is 0.888. The van der Waals surface area contributed by atoms with Gasteiger partial charge in [0.25, 0.3) is 0 Å². The van der Waals surface area contributed by atoms with E-state index in [1.807, 2.05) is 24.3 Å². The molecule has 0 saturated heterocycles. The van der Waals surface area contributed by atoms with E-state index in [9.17, 15) is 0 Å². The zero-order chi connectivity index (χ0) is 13.2. The zero-order valence-corrected chi connectivity index (χ0v) is 11.3. The van der Waals surface area contributed by atoms with Crippen LogP contribution in [0.3, 0.4) is 0 Å². The molecule has 4 nitrogen and oxygen atoms in total. The third kappa shape index (κ3) is 1.82. The van der Waals surface area contributed by atoms with Crippen LogP contribution in [0.4, 0.5) is 5.69 Å². The van der Waals surface area contributed by atoms with Crippen LogP contribution in [0.1, 0.15) is 26.7 Å². The van der Waals surface area contributed by atoms with Gasteiger partial charge >= 0.3 is 0 Å². The lowest BCUT2D eigenvalue weighted by atomic mass is 9.91. The van der Waals surface area contributed by atoms with Crippen LogP contribution in [0.2, 0.25) is 0 Å². The number of nitrogens with two attached hydrogens (primary N) is 1. The number of guanidine groups is 1. The Morgan fingerprint density at radius 1 is 1.33 bits per heavy atom. The standard InChI is InChI=1S/C14H21N3O/c1-4-14(5-2)10-16-13(15)17(14)11-8-6-7-9-12(11)18-3/h6-9H,4-5,10H2,1-3H3,(H2,15,16). The highest BCUT2D eigenvalue weighted by Crippen LogP contribution is 2.38. The fraction of sp³-hybridized carbons (Fsp3) is 0.500. The number of benzene rings is 1. The van der Waals surface area contributed by atoms with Gasteiger partial charge in [-0.3, -0.25) is 4.99 Å². The van der Waals surface area contributed by atoms with Crippen LogP contribution >= 0.6 is 0 Å². The van der Waals surface area contributed by atoms with Crippen LogP contribution < -0.4 is 15.4 Å². The van der Waals surface area contributed by atoms with Crippen LogP contribution in [0.25, 0.3) is 0 Å². The molecule has 1 aromatic carbocycles. The van der Waals surface area contributed by atoms with Crippen molar-refractivity contribution in [3.63, 3.8) is 0 Å². The van der Waals surface area contributed by atoms with E-state index in [1.165, 1.54) is 0 Å². The van der Waals surface area contributed by atoms with Crippen molar-refractivity contribution >= 4 is 11.6 Å². The Hall–Kier alpha value is -1.71. The van der Waals surface area contributed by atoms with E-state index >= 15 is 0 Å². The van der Waals surface area contributed by atoms with E-state index < -0.39 is 0 Å². The Labute approximate surface area is 108 Å². The minimum Gasteiger partial charge on any atom is -0.495 e. The molecule has 0 fully saturated rings. The summed E-state index contributed by atoms with van der Waals surface area (Å²) in [5.41, 5.74) is 7.07. The molecule has 1 aliphatic heterocycles. The highest BCUT2D eigenvalue weighted by atomic mass is 16.5. The maximum atomic E-state index is 6.08. The monoisotopic (exact) mass is 247 g/mol. The van der Waals surface area contributed by atoms with Crippen LogP contribution in [0.5, 0.6) is 5.75 Å². The maximum absolute atomic E-state index is 6.08. The molecule has 0 bridgehead atoms. The molecule has 1 aromatic rings. The smallest absolute Gasteiger partial charge is 0.196 e. The van der Waals surface area contributed by atoms with Gasteiger partial charge in [0.1, 0.15) is 5.75 Å². The largest absolute Gasteiger partial charge is 0.495 e. The summed E-state index contributed by atoms with van der Waals surface area (Å²) in [5, 5.41) is 0. The second-order valence-electron chi connectivity index (χ2n) is 4.61.